The summed E-state index contributed by atoms with van der Waals surface area (Å²) >= 11 is 0. The zero-order valence-electron chi connectivity index (χ0n) is 13.2. The van der Waals surface area contributed by atoms with Gasteiger partial charge in [0.25, 0.3) is 17.0 Å². The SMILES string of the molecule is COCC(=O)Nn1c(C)c2c(=O)n(-c3ccccc3)[nH]c2cc1=O. The van der Waals surface area contributed by atoms with Crippen LogP contribution in [0.15, 0.2) is 46.0 Å². The number of amides is 1. The van der Waals surface area contributed by atoms with E-state index in [-0.39, 0.29) is 12.2 Å². The highest BCUT2D eigenvalue weighted by atomic mass is 16.5. The zero-order valence-corrected chi connectivity index (χ0v) is 13.2. The number of H-pyrrole nitrogens is 1. The fourth-order valence-corrected chi connectivity index (χ4v) is 2.56. The van der Waals surface area contributed by atoms with E-state index >= 15 is 0 Å². The number of rotatable bonds is 4. The first-order valence-electron chi connectivity index (χ1n) is 7.24. The van der Waals surface area contributed by atoms with Crippen molar-refractivity contribution in [2.45, 2.75) is 6.92 Å². The molecule has 8 nitrogen and oxygen atoms in total. The van der Waals surface area contributed by atoms with Gasteiger partial charge < -0.3 is 4.74 Å². The second-order valence-electron chi connectivity index (χ2n) is 5.25. The first-order chi connectivity index (χ1) is 11.5. The monoisotopic (exact) mass is 328 g/mol. The number of hydrogen-bond donors (Lipinski definition) is 2. The van der Waals surface area contributed by atoms with E-state index in [1.165, 1.54) is 17.9 Å². The summed E-state index contributed by atoms with van der Waals surface area (Å²) in [5.41, 5.74) is 3.08. The van der Waals surface area contributed by atoms with Crippen molar-refractivity contribution in [1.29, 1.82) is 0 Å². The van der Waals surface area contributed by atoms with Crippen LogP contribution in [0.4, 0.5) is 0 Å². The van der Waals surface area contributed by atoms with Crippen molar-refractivity contribution in [1.82, 2.24) is 14.5 Å². The molecular formula is C16H16N4O4. The zero-order chi connectivity index (χ0) is 17.3. The first-order valence-corrected chi connectivity index (χ1v) is 7.24. The number of aromatic amines is 1. The Hall–Kier alpha value is -3.13. The van der Waals surface area contributed by atoms with Crippen molar-refractivity contribution in [3.63, 3.8) is 0 Å². The van der Waals surface area contributed by atoms with Crippen LogP contribution < -0.4 is 16.5 Å². The molecule has 0 radical (unpaired) electrons. The maximum atomic E-state index is 12.7. The number of aryl methyl sites for hydroxylation is 1. The molecule has 8 heteroatoms. The van der Waals surface area contributed by atoms with Gasteiger partial charge in [-0.25, -0.2) is 9.36 Å². The number of carbonyl (C=O) groups is 1. The molecular weight excluding hydrogens is 312 g/mol. The van der Waals surface area contributed by atoms with Crippen molar-refractivity contribution in [2.24, 2.45) is 0 Å². The number of carbonyl (C=O) groups excluding carboxylic acids is 1. The number of benzene rings is 1. The van der Waals surface area contributed by atoms with Gasteiger partial charge in [0.15, 0.2) is 0 Å². The average molecular weight is 328 g/mol. The van der Waals surface area contributed by atoms with Gasteiger partial charge in [0, 0.05) is 13.2 Å². The predicted molar refractivity (Wildman–Crippen MR) is 89.1 cm³/mol. The van der Waals surface area contributed by atoms with Crippen molar-refractivity contribution in [3.05, 3.63) is 62.8 Å². The average Bonchev–Trinajstić information content (AvgIpc) is 2.89. The maximum Gasteiger partial charge on any atom is 0.280 e. The lowest BCUT2D eigenvalue weighted by molar-refractivity contribution is -0.120. The Balaban J connectivity index is 2.19. The number of nitrogens with zero attached hydrogens (tertiary/aromatic N) is 2. The predicted octanol–water partition coefficient (Wildman–Crippen LogP) is 0.505. The maximum absolute atomic E-state index is 12.7. The van der Waals surface area contributed by atoms with Crippen LogP contribution in [0, 0.1) is 6.92 Å². The highest BCUT2D eigenvalue weighted by Gasteiger charge is 2.16. The summed E-state index contributed by atoms with van der Waals surface area (Å²) in [6.07, 6.45) is 0. The summed E-state index contributed by atoms with van der Waals surface area (Å²) in [6, 6.07) is 10.3. The van der Waals surface area contributed by atoms with Gasteiger partial charge in [-0.1, -0.05) is 18.2 Å². The molecule has 0 fully saturated rings. The van der Waals surface area contributed by atoms with E-state index in [1.807, 2.05) is 18.2 Å². The lowest BCUT2D eigenvalue weighted by Gasteiger charge is -2.10. The Labute approximate surface area is 136 Å². The number of fused-ring (bicyclic) bond motifs is 1. The van der Waals surface area contributed by atoms with E-state index in [0.717, 1.165) is 4.68 Å². The molecule has 3 aromatic rings. The Morgan fingerprint density at radius 2 is 1.96 bits per heavy atom. The van der Waals surface area contributed by atoms with Gasteiger partial charge in [-0.2, -0.15) is 0 Å². The third-order valence-corrected chi connectivity index (χ3v) is 3.63. The molecule has 0 atom stereocenters. The minimum Gasteiger partial charge on any atom is -0.375 e. The molecule has 0 bridgehead atoms. The molecule has 0 aliphatic carbocycles. The Morgan fingerprint density at radius 1 is 1.25 bits per heavy atom. The molecule has 2 heterocycles. The van der Waals surface area contributed by atoms with Crippen LogP contribution in [-0.4, -0.2) is 34.1 Å². The minimum absolute atomic E-state index is 0.189. The molecule has 2 aromatic heterocycles. The number of aromatic nitrogens is 3. The van der Waals surface area contributed by atoms with Gasteiger partial charge in [0.2, 0.25) is 0 Å². The Morgan fingerprint density at radius 3 is 2.62 bits per heavy atom. The molecule has 1 aromatic carbocycles. The van der Waals surface area contributed by atoms with Gasteiger partial charge in [-0.05, 0) is 19.1 Å². The molecule has 0 unspecified atom stereocenters. The van der Waals surface area contributed by atoms with Gasteiger partial charge in [0.05, 0.1) is 22.3 Å². The smallest absolute Gasteiger partial charge is 0.280 e. The quantitative estimate of drug-likeness (QED) is 0.729. The number of pyridine rings is 1. The van der Waals surface area contributed by atoms with Gasteiger partial charge in [-0.3, -0.25) is 24.9 Å². The third kappa shape index (κ3) is 2.63. The van der Waals surface area contributed by atoms with Crippen molar-refractivity contribution in [3.8, 4) is 5.69 Å². The summed E-state index contributed by atoms with van der Waals surface area (Å²) < 4.78 is 7.14. The minimum atomic E-state index is -0.485. The number of nitrogens with one attached hydrogen (secondary N) is 2. The van der Waals surface area contributed by atoms with Crippen LogP contribution in [0.1, 0.15) is 5.69 Å². The standard InChI is InChI=1S/C16H16N4O4/c1-10-15-12(8-14(22)19(10)18-13(21)9-24-2)17-20(16(15)23)11-6-4-3-5-7-11/h3-8,17H,9H2,1-2H3,(H,18,21). The number of hydrogen-bond acceptors (Lipinski definition) is 4. The summed E-state index contributed by atoms with van der Waals surface area (Å²) in [7, 11) is 1.38. The third-order valence-electron chi connectivity index (χ3n) is 3.63. The van der Waals surface area contributed by atoms with Gasteiger partial charge >= 0.3 is 0 Å². The molecule has 1 amide bonds. The van der Waals surface area contributed by atoms with Crippen LogP contribution in [0.3, 0.4) is 0 Å². The fraction of sp³-hybridized carbons (Fsp3) is 0.188. The van der Waals surface area contributed by atoms with Crippen molar-refractivity contribution >= 4 is 16.8 Å². The number of ether oxygens (including phenoxy) is 1. The molecule has 0 spiro atoms. The van der Waals surface area contributed by atoms with Gasteiger partial charge in [0.1, 0.15) is 6.61 Å². The van der Waals surface area contributed by atoms with Crippen LogP contribution in [0.5, 0.6) is 0 Å². The molecule has 24 heavy (non-hydrogen) atoms. The molecule has 0 aliphatic heterocycles. The second kappa shape index (κ2) is 6.17. The Kier molecular flexibility index (Phi) is 4.05. The normalized spacial score (nSPS) is 10.9. The van der Waals surface area contributed by atoms with E-state index in [4.69, 9.17) is 4.74 Å². The van der Waals surface area contributed by atoms with Crippen LogP contribution >= 0.6 is 0 Å². The molecule has 0 saturated carbocycles. The van der Waals surface area contributed by atoms with Crippen molar-refractivity contribution < 1.29 is 9.53 Å². The molecule has 3 rings (SSSR count). The summed E-state index contributed by atoms with van der Waals surface area (Å²) in [5, 5.41) is 3.25. The van der Waals surface area contributed by atoms with E-state index in [2.05, 4.69) is 10.5 Å². The largest absolute Gasteiger partial charge is 0.375 e. The van der Waals surface area contributed by atoms with Crippen LogP contribution in [0.2, 0.25) is 0 Å². The van der Waals surface area contributed by atoms with E-state index in [9.17, 15) is 14.4 Å². The lowest BCUT2D eigenvalue weighted by atomic mass is 10.2. The van der Waals surface area contributed by atoms with Crippen LogP contribution in [0.25, 0.3) is 16.6 Å². The summed E-state index contributed by atoms with van der Waals surface area (Å²) in [5.74, 6) is -0.485. The molecule has 0 aliphatic rings. The number of para-hydroxylation sites is 1. The van der Waals surface area contributed by atoms with E-state index < -0.39 is 11.5 Å². The second-order valence-corrected chi connectivity index (χ2v) is 5.25. The van der Waals surface area contributed by atoms with E-state index in [1.54, 1.807) is 19.1 Å². The van der Waals surface area contributed by atoms with Crippen molar-refractivity contribution in [2.75, 3.05) is 19.1 Å². The van der Waals surface area contributed by atoms with Gasteiger partial charge in [-0.15, -0.1) is 0 Å². The molecule has 0 saturated heterocycles. The van der Waals surface area contributed by atoms with Crippen LogP contribution in [-0.2, 0) is 9.53 Å². The molecule has 2 N–H and O–H groups in total. The number of methoxy groups -OCH3 is 1. The summed E-state index contributed by atoms with van der Waals surface area (Å²) in [6.45, 7) is 1.41. The highest BCUT2D eigenvalue weighted by molar-refractivity contribution is 5.86. The Bertz CT molecular complexity index is 1010. The fourth-order valence-electron chi connectivity index (χ4n) is 2.56. The van der Waals surface area contributed by atoms with E-state index in [0.29, 0.717) is 22.3 Å². The highest BCUT2D eigenvalue weighted by Crippen LogP contribution is 2.12. The lowest BCUT2D eigenvalue weighted by Crippen LogP contribution is -2.36. The summed E-state index contributed by atoms with van der Waals surface area (Å²) in [4.78, 5) is 36.6. The first kappa shape index (κ1) is 15.8. The molecule has 124 valence electrons. The topological polar surface area (TPSA) is 98.1 Å².